The van der Waals surface area contributed by atoms with Crippen LogP contribution in [0.5, 0.6) is 0 Å². The van der Waals surface area contributed by atoms with E-state index in [1.165, 1.54) is 11.1 Å². The summed E-state index contributed by atoms with van der Waals surface area (Å²) in [4.78, 5) is 12.1. The highest BCUT2D eigenvalue weighted by atomic mass is 16.5. The van der Waals surface area contributed by atoms with Crippen LogP contribution in [0, 0.1) is 0 Å². The van der Waals surface area contributed by atoms with Gasteiger partial charge < -0.3 is 14.8 Å². The number of nitrogens with one attached hydrogen (secondary N) is 1. The van der Waals surface area contributed by atoms with Crippen LogP contribution < -0.4 is 5.32 Å². The topological polar surface area (TPSA) is 47.6 Å². The molecule has 1 N–H and O–H groups in total. The lowest BCUT2D eigenvalue weighted by atomic mass is 9.89. The molecule has 1 fully saturated rings. The molecule has 4 nitrogen and oxygen atoms in total. The van der Waals surface area contributed by atoms with Crippen LogP contribution in [0.15, 0.2) is 24.3 Å². The molecule has 2 aliphatic rings. The van der Waals surface area contributed by atoms with Gasteiger partial charge in [0.25, 0.3) is 0 Å². The monoisotopic (exact) mass is 275 g/mol. The van der Waals surface area contributed by atoms with Gasteiger partial charge in [-0.05, 0) is 30.4 Å². The van der Waals surface area contributed by atoms with E-state index in [1.807, 2.05) is 12.1 Å². The Morgan fingerprint density at radius 2 is 2.30 bits per heavy atom. The number of hydrogen-bond donors (Lipinski definition) is 1. The molecule has 3 rings (SSSR count). The lowest BCUT2D eigenvalue weighted by Gasteiger charge is -2.27. The summed E-state index contributed by atoms with van der Waals surface area (Å²) >= 11 is 0. The van der Waals surface area contributed by atoms with Crippen molar-refractivity contribution in [2.24, 2.45) is 0 Å². The third kappa shape index (κ3) is 3.19. The Balaban J connectivity index is 1.59. The molecule has 1 heterocycles. The summed E-state index contributed by atoms with van der Waals surface area (Å²) in [7, 11) is 0. The van der Waals surface area contributed by atoms with Gasteiger partial charge >= 0.3 is 5.97 Å². The minimum Gasteiger partial charge on any atom is -0.457 e. The maximum Gasteiger partial charge on any atom is 0.309 e. The van der Waals surface area contributed by atoms with Crippen LogP contribution >= 0.6 is 0 Å². The molecular formula is C16H21NO3. The van der Waals surface area contributed by atoms with Gasteiger partial charge in [0, 0.05) is 13.1 Å². The number of benzene rings is 1. The fourth-order valence-corrected chi connectivity index (χ4v) is 2.98. The minimum absolute atomic E-state index is 0.0462. The molecule has 2 atom stereocenters. The van der Waals surface area contributed by atoms with E-state index in [4.69, 9.17) is 9.47 Å². The average Bonchev–Trinajstić information content (AvgIpc) is 2.48. The first-order valence-electron chi connectivity index (χ1n) is 7.42. The maximum atomic E-state index is 12.1. The Labute approximate surface area is 119 Å². The smallest absolute Gasteiger partial charge is 0.309 e. The van der Waals surface area contributed by atoms with Gasteiger partial charge in [-0.3, -0.25) is 4.79 Å². The van der Waals surface area contributed by atoms with Crippen LogP contribution in [0.3, 0.4) is 0 Å². The number of carbonyl (C=O) groups excluding carboxylic acids is 1. The number of esters is 1. The van der Waals surface area contributed by atoms with Crippen LogP contribution in [0.1, 0.15) is 36.5 Å². The van der Waals surface area contributed by atoms with Gasteiger partial charge in [-0.2, -0.15) is 0 Å². The normalized spacial score (nSPS) is 25.8. The van der Waals surface area contributed by atoms with Gasteiger partial charge in [-0.1, -0.05) is 24.3 Å². The summed E-state index contributed by atoms with van der Waals surface area (Å²) in [5.74, 6) is -0.152. The second-order valence-corrected chi connectivity index (χ2v) is 5.47. The van der Waals surface area contributed by atoms with Gasteiger partial charge in [0.1, 0.15) is 6.10 Å². The predicted octanol–water partition coefficient (Wildman–Crippen LogP) is 1.99. The highest BCUT2D eigenvalue weighted by Gasteiger charge is 2.25. The highest BCUT2D eigenvalue weighted by Crippen LogP contribution is 2.32. The zero-order valence-electron chi connectivity index (χ0n) is 11.6. The van der Waals surface area contributed by atoms with Crippen molar-refractivity contribution in [1.29, 1.82) is 0 Å². The molecule has 4 heteroatoms. The lowest BCUT2D eigenvalue weighted by molar-refractivity contribution is -0.153. The molecule has 0 spiro atoms. The fraction of sp³-hybridized carbons (Fsp3) is 0.562. The van der Waals surface area contributed by atoms with E-state index in [1.54, 1.807) is 0 Å². The Morgan fingerprint density at radius 1 is 1.40 bits per heavy atom. The lowest BCUT2D eigenvalue weighted by Crippen LogP contribution is -2.40. The average molecular weight is 275 g/mol. The van der Waals surface area contributed by atoms with Gasteiger partial charge in [0.2, 0.25) is 0 Å². The number of hydrogen-bond acceptors (Lipinski definition) is 4. The van der Waals surface area contributed by atoms with E-state index in [0.29, 0.717) is 13.0 Å². The van der Waals surface area contributed by atoms with Crippen LogP contribution in [0.4, 0.5) is 0 Å². The van der Waals surface area contributed by atoms with Crippen molar-refractivity contribution >= 4 is 5.97 Å². The molecule has 2 unspecified atom stereocenters. The summed E-state index contributed by atoms with van der Waals surface area (Å²) in [5.41, 5.74) is 2.49. The van der Waals surface area contributed by atoms with Crippen molar-refractivity contribution in [1.82, 2.24) is 5.32 Å². The van der Waals surface area contributed by atoms with Crippen molar-refractivity contribution in [3.63, 3.8) is 0 Å². The quantitative estimate of drug-likeness (QED) is 0.857. The summed E-state index contributed by atoms with van der Waals surface area (Å²) in [6.45, 7) is 2.27. The first-order chi connectivity index (χ1) is 9.83. The van der Waals surface area contributed by atoms with Gasteiger partial charge in [0.05, 0.1) is 19.1 Å². The van der Waals surface area contributed by atoms with E-state index in [-0.39, 0.29) is 18.2 Å². The highest BCUT2D eigenvalue weighted by molar-refractivity contribution is 5.70. The second-order valence-electron chi connectivity index (χ2n) is 5.47. The number of rotatable bonds is 3. The zero-order chi connectivity index (χ0) is 13.8. The number of carbonyl (C=O) groups is 1. The number of fused-ring (bicyclic) bond motifs is 1. The number of ether oxygens (including phenoxy) is 2. The number of morpholine rings is 1. The Kier molecular flexibility index (Phi) is 4.33. The number of aryl methyl sites for hydroxylation is 1. The zero-order valence-corrected chi connectivity index (χ0v) is 11.6. The fourth-order valence-electron chi connectivity index (χ4n) is 2.98. The van der Waals surface area contributed by atoms with Crippen LogP contribution in [0.2, 0.25) is 0 Å². The first kappa shape index (κ1) is 13.6. The summed E-state index contributed by atoms with van der Waals surface area (Å²) in [6.07, 6.45) is 3.30. The molecular weight excluding hydrogens is 254 g/mol. The standard InChI is InChI=1S/C16H21NO3/c18-16(10-13-11-17-8-9-19-13)20-15-7-3-5-12-4-1-2-6-14(12)15/h1-2,4,6,13,15,17H,3,5,7-11H2. The van der Waals surface area contributed by atoms with Crippen molar-refractivity contribution in [3.05, 3.63) is 35.4 Å². The SMILES string of the molecule is O=C(CC1CNCCO1)OC1CCCc2ccccc21. The van der Waals surface area contributed by atoms with Crippen LogP contribution in [-0.2, 0) is 20.7 Å². The molecule has 0 bridgehead atoms. The van der Waals surface area contributed by atoms with Gasteiger partial charge in [-0.15, -0.1) is 0 Å². The molecule has 108 valence electrons. The van der Waals surface area contributed by atoms with Gasteiger partial charge in [0.15, 0.2) is 0 Å². The molecule has 0 aromatic heterocycles. The molecule has 1 aliphatic heterocycles. The van der Waals surface area contributed by atoms with E-state index < -0.39 is 0 Å². The summed E-state index contributed by atoms with van der Waals surface area (Å²) < 4.78 is 11.2. The van der Waals surface area contributed by atoms with Crippen molar-refractivity contribution in [2.75, 3.05) is 19.7 Å². The van der Waals surface area contributed by atoms with Crippen LogP contribution in [-0.4, -0.2) is 31.8 Å². The van der Waals surface area contributed by atoms with E-state index in [0.717, 1.165) is 32.4 Å². The Bertz CT molecular complexity index is 469. The molecule has 0 saturated carbocycles. The third-order valence-electron chi connectivity index (χ3n) is 3.99. The van der Waals surface area contributed by atoms with E-state index in [2.05, 4.69) is 17.4 Å². The maximum absolute atomic E-state index is 12.1. The molecule has 0 amide bonds. The summed E-state index contributed by atoms with van der Waals surface area (Å²) in [6, 6.07) is 8.26. The van der Waals surface area contributed by atoms with E-state index in [9.17, 15) is 4.79 Å². The summed E-state index contributed by atoms with van der Waals surface area (Å²) in [5, 5.41) is 3.23. The first-order valence-corrected chi connectivity index (χ1v) is 7.42. The predicted molar refractivity (Wildman–Crippen MR) is 75.4 cm³/mol. The third-order valence-corrected chi connectivity index (χ3v) is 3.99. The van der Waals surface area contributed by atoms with Crippen LogP contribution in [0.25, 0.3) is 0 Å². The van der Waals surface area contributed by atoms with Gasteiger partial charge in [-0.25, -0.2) is 0 Å². The van der Waals surface area contributed by atoms with Crippen molar-refractivity contribution in [2.45, 2.75) is 37.9 Å². The molecule has 1 saturated heterocycles. The molecule has 1 aliphatic carbocycles. The Morgan fingerprint density at radius 3 is 3.15 bits per heavy atom. The largest absolute Gasteiger partial charge is 0.457 e. The molecule has 1 aromatic rings. The molecule has 20 heavy (non-hydrogen) atoms. The molecule has 1 aromatic carbocycles. The minimum atomic E-state index is -0.152. The second kappa shape index (κ2) is 6.37. The van der Waals surface area contributed by atoms with E-state index >= 15 is 0 Å². The van der Waals surface area contributed by atoms with Crippen molar-refractivity contribution < 1.29 is 14.3 Å². The Hall–Kier alpha value is -1.39. The van der Waals surface area contributed by atoms with Crippen molar-refractivity contribution in [3.8, 4) is 0 Å². The molecule has 0 radical (unpaired) electrons.